The van der Waals surface area contributed by atoms with E-state index in [9.17, 15) is 82.9 Å². The molecule has 0 radical (unpaired) electrons. The number of halogens is 3. The van der Waals surface area contributed by atoms with Crippen molar-refractivity contribution in [3.63, 3.8) is 0 Å². The van der Waals surface area contributed by atoms with Crippen molar-refractivity contribution >= 4 is 138 Å². The van der Waals surface area contributed by atoms with Crippen LogP contribution in [0.2, 0.25) is 0 Å². The molecule has 1 aliphatic carbocycles. The highest BCUT2D eigenvalue weighted by atomic mass is 32.2. The summed E-state index contributed by atoms with van der Waals surface area (Å²) in [4.78, 5) is 106. The number of nitrogens with one attached hydrogen (secondary N) is 2. The molecule has 38 heteroatoms. The summed E-state index contributed by atoms with van der Waals surface area (Å²) >= 11 is 0. The van der Waals surface area contributed by atoms with Crippen molar-refractivity contribution in [1.29, 1.82) is 0 Å². The lowest BCUT2D eigenvalue weighted by molar-refractivity contribution is -0.438. The minimum Gasteiger partial charge on any atom is -0.748 e. The quantitative estimate of drug-likeness (QED) is 0.0124. The van der Waals surface area contributed by atoms with Gasteiger partial charge in [0.25, 0.3) is 21.6 Å². The lowest BCUT2D eigenvalue weighted by Gasteiger charge is -2.28. The fourth-order valence-corrected chi connectivity index (χ4v) is 16.0. The Morgan fingerprint density at radius 2 is 1.36 bits per heavy atom. The zero-order valence-corrected chi connectivity index (χ0v) is 70.4. The number of H-pyrrole nitrogens is 1. The Labute approximate surface area is 703 Å². The number of hydrogen-bond donors (Lipinski definition) is 6. The van der Waals surface area contributed by atoms with Crippen LogP contribution in [0.3, 0.4) is 0 Å². The number of nitrogens with zero attached hydrogens (tertiary/aromatic N) is 6. The van der Waals surface area contributed by atoms with E-state index < -0.39 is 142 Å². The first kappa shape index (κ1) is 94.0. The number of carbonyl (C=O) groups excluding carboxylic acids is 4. The summed E-state index contributed by atoms with van der Waals surface area (Å²) in [6.45, 7) is 11.2. The van der Waals surface area contributed by atoms with Crippen molar-refractivity contribution in [3.05, 3.63) is 213 Å². The van der Waals surface area contributed by atoms with E-state index in [1.807, 2.05) is 60.7 Å². The number of aromatic nitrogens is 4. The maximum absolute atomic E-state index is 13.9. The Bertz CT molecular complexity index is 6060. The second-order valence-electron chi connectivity index (χ2n) is 30.7. The first-order chi connectivity index (χ1) is 57.3. The molecule has 648 valence electrons. The van der Waals surface area contributed by atoms with Crippen LogP contribution in [0.5, 0.6) is 5.75 Å². The number of aromatic amines is 1. The lowest BCUT2D eigenvalue weighted by Crippen LogP contribution is -2.41. The number of amides is 2. The number of allylic oxidation sites excluding steroid dienone is 7. The molecule has 0 saturated carbocycles. The maximum Gasteiger partial charge on any atom is 0.471 e. The van der Waals surface area contributed by atoms with Crippen LogP contribution in [0.15, 0.2) is 179 Å². The molecule has 0 spiro atoms. The van der Waals surface area contributed by atoms with E-state index in [4.69, 9.17) is 35.7 Å². The van der Waals surface area contributed by atoms with Crippen molar-refractivity contribution in [3.8, 4) is 5.75 Å². The van der Waals surface area contributed by atoms with Gasteiger partial charge in [-0.2, -0.15) is 31.1 Å². The van der Waals surface area contributed by atoms with E-state index in [2.05, 4.69) is 123 Å². The number of alkyl halides is 3. The first-order valence-corrected chi connectivity index (χ1v) is 43.6. The van der Waals surface area contributed by atoms with Gasteiger partial charge in [0.05, 0.1) is 50.4 Å². The van der Waals surface area contributed by atoms with Gasteiger partial charge in [0.15, 0.2) is 23.4 Å². The van der Waals surface area contributed by atoms with Gasteiger partial charge in [0.2, 0.25) is 11.6 Å². The van der Waals surface area contributed by atoms with Crippen molar-refractivity contribution in [2.75, 3.05) is 28.6 Å². The third kappa shape index (κ3) is 24.1. The minimum atomic E-state index is -5.38. The van der Waals surface area contributed by atoms with Crippen molar-refractivity contribution in [2.45, 2.75) is 178 Å². The third-order valence-electron chi connectivity index (χ3n) is 21.6. The zero-order chi connectivity index (χ0) is 89.5. The highest BCUT2D eigenvalue weighted by molar-refractivity contribution is 7.86. The number of ketones is 2. The minimum absolute atomic E-state index is 0.0140. The average molecular weight is 1760 g/mol. The van der Waals surface area contributed by atoms with Crippen LogP contribution in [0.1, 0.15) is 164 Å². The molecule has 6 aromatic carbocycles. The predicted molar refractivity (Wildman–Crippen MR) is 444 cm³/mol. The van der Waals surface area contributed by atoms with Gasteiger partial charge in [-0.1, -0.05) is 99.5 Å². The number of fused-ring (bicyclic) bond motifs is 7. The van der Waals surface area contributed by atoms with E-state index in [0.717, 1.165) is 109 Å². The van der Waals surface area contributed by atoms with Gasteiger partial charge in [-0.15, -0.1) is 25.3 Å². The van der Waals surface area contributed by atoms with Crippen LogP contribution >= 0.6 is 0 Å². The smallest absolute Gasteiger partial charge is 0.471 e. The summed E-state index contributed by atoms with van der Waals surface area (Å²) in [6.07, 6.45) is 7.06. The van der Waals surface area contributed by atoms with Gasteiger partial charge >= 0.3 is 45.2 Å². The van der Waals surface area contributed by atoms with E-state index >= 15 is 0 Å². The number of benzene rings is 6. The summed E-state index contributed by atoms with van der Waals surface area (Å²) in [7, 11) is -15.1. The molecule has 0 saturated heterocycles. The molecule has 0 bridgehead atoms. The standard InChI is InChI=1S/C84H90F3N9O16S2.2O3S/c1-50(113(106,107)108)43-45-94-67-39-28-53-15-10-12-21-64(53)71(67)82(3,4)69(94)41-30-55-18-14-19-56(31-42-70-83(5,6)72-65-22-13-11-16-54(65)29-40-68(72)95(70)46-44-51(2)114(109,110)111)74(55)112-63-36-24-52(25-37-63)23-34-61(97)20-9-7-8-17-58(78(101)102)47-62(98)35-38-66(79(103)104)91-76(99)57-26-32-60(33-27-57)96(80(105)84(85,86)87)49-59-48-89-75-73(90-59)77(100)93-81(88)92-75;2*1-4(2)3/h10-13,15-16,21-22,24-33,36-37,39-42,48,50-51,58,66H,7-9,14,17-20,23,34-35,38,43-47,49H2,1-6H3,(H7-,88,89,91,92,93,99,100,101,102,103,104,106,107,108,109,110,111);;/t50?,51?,58-,66+;;/m1../s1. The number of aliphatic carboxylic acids is 2. The Morgan fingerprint density at radius 1 is 0.730 bits per heavy atom. The molecule has 122 heavy (non-hydrogen) atoms. The number of rotatable bonds is 34. The van der Waals surface area contributed by atoms with Gasteiger partial charge < -0.3 is 35.5 Å². The van der Waals surface area contributed by atoms with E-state index in [1.54, 1.807) is 0 Å². The first-order valence-electron chi connectivity index (χ1n) is 38.7. The highest BCUT2D eigenvalue weighted by Crippen LogP contribution is 2.52. The predicted octanol–water partition coefficient (Wildman–Crippen LogP) is 11.5. The molecule has 0 fully saturated rings. The van der Waals surface area contributed by atoms with E-state index in [1.165, 1.54) is 13.8 Å². The summed E-state index contributed by atoms with van der Waals surface area (Å²) in [5, 5.41) is 24.4. The lowest BCUT2D eigenvalue weighted by atomic mass is 9.78. The van der Waals surface area contributed by atoms with Crippen molar-refractivity contribution in [2.24, 2.45) is 5.92 Å². The average Bonchev–Trinajstić information content (AvgIpc) is 1.57. The molecule has 8 aromatic rings. The Balaban J connectivity index is 0.00000202. The molecule has 2 unspecified atom stereocenters. The molecule has 4 heterocycles. The van der Waals surface area contributed by atoms with E-state index in [0.29, 0.717) is 56.6 Å². The second-order valence-corrected chi connectivity index (χ2v) is 35.1. The van der Waals surface area contributed by atoms with Crippen LogP contribution in [0, 0.1) is 5.92 Å². The number of carboxylic acid groups (broad SMARTS) is 2. The molecule has 31 nitrogen and oxygen atoms in total. The van der Waals surface area contributed by atoms with Crippen LogP contribution in [-0.4, -0.2) is 163 Å². The molecule has 11 rings (SSSR count). The number of nitrogens with two attached hydrogens (primary N) is 1. The molecule has 7 N–H and O–H groups in total. The van der Waals surface area contributed by atoms with Crippen LogP contribution in [0.25, 0.3) is 32.7 Å². The van der Waals surface area contributed by atoms with E-state index in [-0.39, 0.29) is 83.4 Å². The van der Waals surface area contributed by atoms with Crippen molar-refractivity contribution < 1.29 is 113 Å². The van der Waals surface area contributed by atoms with Crippen LogP contribution in [-0.2, 0) is 89.2 Å². The fourth-order valence-electron chi connectivity index (χ4n) is 15.2. The normalized spacial score (nSPS) is 16.0. The number of unbranched alkanes of at least 4 members (excludes halogenated alkanes) is 2. The molecule has 3 aliphatic rings. The number of hydrogen-bond acceptors (Lipinski definition) is 24. The largest absolute Gasteiger partial charge is 0.748 e. The monoisotopic (exact) mass is 1760 g/mol. The van der Waals surface area contributed by atoms with Gasteiger partial charge in [-0.05, 0) is 184 Å². The summed E-state index contributed by atoms with van der Waals surface area (Å²) < 4.78 is 173. The molecule has 4 atom stereocenters. The van der Waals surface area contributed by atoms with Gasteiger partial charge in [-0.3, -0.25) is 43.2 Å². The number of aryl methyl sites for hydroxylation is 1. The van der Waals surface area contributed by atoms with Gasteiger partial charge in [0.1, 0.15) is 29.1 Å². The molecule has 2 amide bonds. The van der Waals surface area contributed by atoms with Gasteiger partial charge in [0, 0.05) is 84.4 Å². The fraction of sp³-hybridized carbons (Fsp3) is 0.369. The molecular weight excluding hydrogens is 1670 g/mol. The SMILES string of the molecule is CC(CC[N+]1=C(/C=C/C2=C(Oc3ccc(CCC(=O)CCCCC[C@H](CC(=O)CC[C@H](NC(=O)c4ccc(N(Cc5cnc6nc(N)[nH]c(=O)c6n5)C(=O)C(F)(F)F)cc4)C(=O)O)C(=O)O)cc3)C(=C/C=C3/N(CCC(C)S(=O)(=O)O)c4ccc5ccccc5c4C3(C)C)/CCC2)C(C)(C)c2c1ccc1ccccc21)S(=O)(=O)[O-].O=S(=O)=O.O=S(=O)=O. The molecule has 2 aliphatic heterocycles. The summed E-state index contributed by atoms with van der Waals surface area (Å²) in [5.74, 6) is -6.97. The Hall–Kier alpha value is -11.8. The third-order valence-corrected chi connectivity index (χ3v) is 24.1. The second kappa shape index (κ2) is 40.2. The Morgan fingerprint density at radius 3 is 1.98 bits per heavy atom. The zero-order valence-electron chi connectivity index (χ0n) is 67.1. The molecule has 2 aromatic heterocycles. The highest BCUT2D eigenvalue weighted by Gasteiger charge is 2.47. The number of nitrogen functional groups attached to an aromatic ring is 1. The number of carboxylic acids is 2. The number of Topliss-reactive ketones (excluding diaryl/α,β-unsaturated/α-hetero) is 2. The number of anilines is 3. The number of ether oxygens (including phenoxy) is 1. The van der Waals surface area contributed by atoms with Crippen molar-refractivity contribution in [1.82, 2.24) is 25.3 Å². The number of carbonyl (C=O) groups is 6. The van der Waals surface area contributed by atoms with Crippen LogP contribution < -0.4 is 31.1 Å². The summed E-state index contributed by atoms with van der Waals surface area (Å²) in [5.41, 5.74) is 10.6. The molecular formula is C84H90F3N9O22S4. The topological polar surface area (TPSA) is 485 Å². The summed E-state index contributed by atoms with van der Waals surface area (Å²) in [6, 6.07) is 34.4. The van der Waals surface area contributed by atoms with Gasteiger partial charge in [-0.25, -0.2) is 23.2 Å². The Kier molecular flexibility index (Phi) is 31.0. The maximum atomic E-state index is 13.9. The van der Waals surface area contributed by atoms with Crippen LogP contribution in [0.4, 0.5) is 36.2 Å².